The smallest absolute Gasteiger partial charge is 0.300 e. The molecule has 492 valence electrons. The van der Waals surface area contributed by atoms with Crippen LogP contribution in [-0.2, 0) is 89.7 Å². The third-order valence-corrected chi connectivity index (χ3v) is 17.1. The fraction of sp³-hybridized carbons (Fsp3) is 0.569. The molecule has 8 rings (SSSR count). The van der Waals surface area contributed by atoms with Crippen LogP contribution in [0.2, 0.25) is 0 Å². The van der Waals surface area contributed by atoms with Gasteiger partial charge in [0, 0.05) is 51.4 Å². The second-order valence-electron chi connectivity index (χ2n) is 24.3. The number of aliphatic hydroxyl groups excluding tert-OH is 1. The number of β-amino-alcohol motifs (C(OH)–C–C–N with tert-alkyl or cyclic N) is 1. The summed E-state index contributed by atoms with van der Waals surface area (Å²) in [4.78, 5) is 96.8. The number of nitrogens with two attached hydrogens (primary N) is 2. The molecule has 4 aromatic rings. The number of aryl methyl sites for hydroxylation is 3. The van der Waals surface area contributed by atoms with Gasteiger partial charge in [-0.25, -0.2) is 9.37 Å². The number of rotatable bonds is 33. The van der Waals surface area contributed by atoms with Gasteiger partial charge in [0.25, 0.3) is 11.9 Å². The number of para-hydroxylation sites is 1. The Morgan fingerprint density at radius 3 is 2.12 bits per heavy atom. The lowest BCUT2D eigenvalue weighted by Gasteiger charge is -2.35. The molecule has 3 aromatic carbocycles. The Bertz CT molecular complexity index is 3080. The number of hydrogen-bond donors (Lipinski definition) is 7. The summed E-state index contributed by atoms with van der Waals surface area (Å²) in [6.45, 7) is 13.8. The van der Waals surface area contributed by atoms with Crippen LogP contribution in [0, 0.1) is 12.3 Å². The van der Waals surface area contributed by atoms with Crippen LogP contribution in [-0.4, -0.2) is 176 Å². The molecule has 4 aliphatic rings. The van der Waals surface area contributed by atoms with Crippen molar-refractivity contribution in [2.45, 2.75) is 167 Å². The number of ether oxygens (including phenoxy) is 6. The molecule has 0 bridgehead atoms. The Kier molecular flexibility index (Phi) is 26.1. The highest BCUT2D eigenvalue weighted by atomic mass is 32.1. The monoisotopic (exact) mass is 1270 g/mol. The van der Waals surface area contributed by atoms with Crippen molar-refractivity contribution in [1.82, 2.24) is 25.8 Å². The molecular formula is C65H89FN8O15S. The topological polar surface area (TPSA) is 323 Å². The lowest BCUT2D eigenvalue weighted by atomic mass is 9.85. The van der Waals surface area contributed by atoms with E-state index >= 15 is 0 Å². The van der Waals surface area contributed by atoms with Gasteiger partial charge in [-0.05, 0) is 98.1 Å². The number of carbonyl (C=O) groups excluding carboxylic acids is 6. The molecule has 4 heterocycles. The Hall–Kier alpha value is -6.97. The number of carboxylic acid groups (broad SMARTS) is 1. The number of benzene rings is 3. The molecule has 1 saturated heterocycles. The molecule has 0 unspecified atom stereocenters. The molecule has 23 nitrogen and oxygen atoms in total. The number of aliphatic hydroxyl groups is 1. The molecular weight excluding hydrogens is 1180 g/mol. The van der Waals surface area contributed by atoms with E-state index in [1.165, 1.54) is 16.2 Å². The van der Waals surface area contributed by atoms with Gasteiger partial charge in [-0.15, -0.1) is 11.3 Å². The quantitative estimate of drug-likeness (QED) is 0.0316. The molecule has 1 aromatic heterocycles. The summed E-state index contributed by atoms with van der Waals surface area (Å²) in [6, 6.07) is 15.6. The number of likely N-dealkylation sites (tertiary alicyclic amines) is 1. The number of thiazole rings is 1. The van der Waals surface area contributed by atoms with Gasteiger partial charge in [0.05, 0.1) is 98.9 Å². The minimum atomic E-state index is -1.98. The van der Waals surface area contributed by atoms with E-state index in [2.05, 4.69) is 33.1 Å². The van der Waals surface area contributed by atoms with Crippen LogP contribution in [0.25, 0.3) is 10.4 Å². The molecule has 2 fully saturated rings. The maximum Gasteiger partial charge on any atom is 0.300 e. The van der Waals surface area contributed by atoms with Gasteiger partial charge in [0.1, 0.15) is 30.5 Å². The number of primary amides is 1. The van der Waals surface area contributed by atoms with Gasteiger partial charge in [0.15, 0.2) is 5.67 Å². The average molecular weight is 1270 g/mol. The predicted octanol–water partition coefficient (Wildman–Crippen LogP) is 4.79. The molecule has 3 aliphatic heterocycles. The molecule has 25 heteroatoms. The molecule has 1 aliphatic carbocycles. The molecule has 9 N–H and O–H groups in total. The minimum absolute atomic E-state index is 0.00700. The third-order valence-electron chi connectivity index (χ3n) is 16.1. The van der Waals surface area contributed by atoms with Crippen LogP contribution < -0.4 is 37.1 Å². The number of halogens is 1. The highest BCUT2D eigenvalue weighted by Gasteiger charge is 2.53. The minimum Gasteiger partial charge on any atom is -0.491 e. The first-order valence-electron chi connectivity index (χ1n) is 30.8. The van der Waals surface area contributed by atoms with Crippen LogP contribution in [0.1, 0.15) is 113 Å². The van der Waals surface area contributed by atoms with E-state index < -0.39 is 83.1 Å². The summed E-state index contributed by atoms with van der Waals surface area (Å²) in [5.41, 5.74) is 18.0. The van der Waals surface area contributed by atoms with Crippen molar-refractivity contribution < 1.29 is 76.6 Å². The molecule has 1 saturated carbocycles. The Labute approximate surface area is 529 Å². The molecule has 0 spiro atoms. The zero-order valence-electron chi connectivity index (χ0n) is 52.4. The molecule has 0 radical (unpaired) electrons. The van der Waals surface area contributed by atoms with Crippen LogP contribution >= 0.6 is 11.3 Å². The van der Waals surface area contributed by atoms with Gasteiger partial charge >= 0.3 is 0 Å². The maximum absolute atomic E-state index is 14.7. The number of aromatic nitrogens is 1. The lowest BCUT2D eigenvalue weighted by molar-refractivity contribution is -0.145. The number of anilines is 1. The largest absolute Gasteiger partial charge is 0.491 e. The number of hydrogen-bond acceptors (Lipinski definition) is 17. The van der Waals surface area contributed by atoms with Gasteiger partial charge in [0.2, 0.25) is 29.5 Å². The van der Waals surface area contributed by atoms with Crippen molar-refractivity contribution in [2.24, 2.45) is 16.9 Å². The highest BCUT2D eigenvalue weighted by molar-refractivity contribution is 7.13. The maximum atomic E-state index is 14.7. The van der Waals surface area contributed by atoms with Crippen LogP contribution in [0.3, 0.4) is 0 Å². The summed E-state index contributed by atoms with van der Waals surface area (Å²) in [6.07, 6.45) is 2.32. The number of alkyl halides is 1. The molecule has 7 atom stereocenters. The van der Waals surface area contributed by atoms with E-state index in [1.54, 1.807) is 31.2 Å². The first-order valence-corrected chi connectivity index (χ1v) is 31.7. The first-order chi connectivity index (χ1) is 42.9. The summed E-state index contributed by atoms with van der Waals surface area (Å²) in [5, 5.41) is 26.6. The number of carbonyl (C=O) groups is 7. The second kappa shape index (κ2) is 33.4. The first kappa shape index (κ1) is 70.5. The summed E-state index contributed by atoms with van der Waals surface area (Å²) in [7, 11) is 0. The van der Waals surface area contributed by atoms with Crippen molar-refractivity contribution in [3.05, 3.63) is 99.7 Å². The van der Waals surface area contributed by atoms with E-state index in [4.69, 9.17) is 49.8 Å². The van der Waals surface area contributed by atoms with E-state index in [0.717, 1.165) is 63.8 Å². The zero-order chi connectivity index (χ0) is 65.1. The molecule has 6 amide bonds. The Morgan fingerprint density at radius 2 is 1.50 bits per heavy atom. The molecule has 90 heavy (non-hydrogen) atoms. The number of aliphatic carboxylic acids is 1. The number of amides is 6. The summed E-state index contributed by atoms with van der Waals surface area (Å²) >= 11 is 1.50. The van der Waals surface area contributed by atoms with Crippen LogP contribution in [0.15, 0.2) is 66.2 Å². The number of nitrogens with zero attached hydrogens (tertiary/aromatic N) is 3. The fourth-order valence-corrected chi connectivity index (χ4v) is 11.7. The van der Waals surface area contributed by atoms with Crippen molar-refractivity contribution in [1.29, 1.82) is 0 Å². The predicted molar refractivity (Wildman–Crippen MR) is 334 cm³/mol. The lowest BCUT2D eigenvalue weighted by Crippen LogP contribution is -2.59. The fourth-order valence-electron chi connectivity index (χ4n) is 10.9. The zero-order valence-corrected chi connectivity index (χ0v) is 53.2. The summed E-state index contributed by atoms with van der Waals surface area (Å²) < 4.78 is 50.1. The van der Waals surface area contributed by atoms with Gasteiger partial charge < -0.3 is 71.0 Å². The third kappa shape index (κ3) is 20.3. The Balaban J connectivity index is 0.00000279. The SMILES string of the molecule is CC(=O)O.Cc1ncsc1-c1ccc(CNC(=O)[C@@H]2C[C@@H](O)CN2C(=O)[C@@H](NC(=O)C2(F)CC2)C(C)(C)C)c(OCCOCCOCCOCCOCCCc2ccc(CO[C@H](C)[C@H](CCC(N)=O)NC(=O)[C@@H]3Cc4cccc5c4N3C(=O)[C@@H](N)CC5)cc2)c1. The Morgan fingerprint density at radius 1 is 0.867 bits per heavy atom. The number of carboxylic acids is 1. The normalized spacial score (nSPS) is 19.1. The van der Waals surface area contributed by atoms with E-state index in [1.807, 2.05) is 62.4 Å². The van der Waals surface area contributed by atoms with Crippen molar-refractivity contribution in [3.63, 3.8) is 0 Å². The van der Waals surface area contributed by atoms with Crippen LogP contribution in [0.5, 0.6) is 5.75 Å². The average Bonchev–Trinajstić information content (AvgIpc) is 1.63. The standard InChI is InChI=1S/C63H85FN8O13S.C2H4O2/c1-39-55(86-38-68-39)45-15-16-46(35-67-57(75)50-34-47(73)36-71(50)60(78)56(62(3,4)5)70-61(79)63(64)21-22-63)52(33-45)84-31-30-83-29-28-82-27-26-81-25-24-80-23-7-8-41-11-13-42(14-12-41)37-85-40(2)49(19-20-53(66)74)69-58(76)51-32-44-10-6-9-43-17-18-48(65)59(77)72(51)54(43)44;1-2(3)4/h6,9-16,33,38,40,47-51,56,73H,7-8,17-32,34-37,65H2,1-5H3,(H2,66,74)(H,67,75)(H,69,76)(H,70,79);1H3,(H,3,4)/t40-,47-,48+,49+,50+,51+,56-;/m1./s1. The van der Waals surface area contributed by atoms with E-state index in [9.17, 15) is 38.3 Å². The summed E-state index contributed by atoms with van der Waals surface area (Å²) in [5.74, 6) is -3.25. The van der Waals surface area contributed by atoms with Gasteiger partial charge in [-0.1, -0.05) is 75.4 Å². The van der Waals surface area contributed by atoms with Crippen molar-refractivity contribution >= 4 is 58.4 Å². The van der Waals surface area contributed by atoms with Gasteiger partial charge in [-0.3, -0.25) is 38.5 Å². The highest BCUT2D eigenvalue weighted by Crippen LogP contribution is 2.41. The second-order valence-corrected chi connectivity index (χ2v) is 25.2. The van der Waals surface area contributed by atoms with Crippen molar-refractivity contribution in [2.75, 3.05) is 70.9 Å². The van der Waals surface area contributed by atoms with Crippen LogP contribution in [0.4, 0.5) is 10.1 Å². The van der Waals surface area contributed by atoms with E-state index in [0.29, 0.717) is 83.4 Å². The number of nitrogens with one attached hydrogen (secondary N) is 3. The van der Waals surface area contributed by atoms with Gasteiger partial charge in [-0.2, -0.15) is 0 Å². The van der Waals surface area contributed by atoms with E-state index in [-0.39, 0.29) is 70.2 Å². The van der Waals surface area contributed by atoms with Crippen molar-refractivity contribution in [3.8, 4) is 16.2 Å².